The first-order chi connectivity index (χ1) is 9.60. The molecule has 4 heteroatoms. The van der Waals surface area contributed by atoms with Crippen LogP contribution < -0.4 is 10.1 Å². The summed E-state index contributed by atoms with van der Waals surface area (Å²) in [5.74, 6) is 1.19. The molecule has 2 aromatic rings. The van der Waals surface area contributed by atoms with E-state index < -0.39 is 0 Å². The molecule has 0 saturated heterocycles. The lowest BCUT2D eigenvalue weighted by atomic mass is 10.1. The summed E-state index contributed by atoms with van der Waals surface area (Å²) in [7, 11) is 0. The Kier molecular flexibility index (Phi) is 5.37. The summed E-state index contributed by atoms with van der Waals surface area (Å²) < 4.78 is 20.5. The van der Waals surface area contributed by atoms with Crippen molar-refractivity contribution in [1.82, 2.24) is 5.32 Å². The molecular formula is C16H17FINO. The van der Waals surface area contributed by atoms with Crippen LogP contribution in [-0.2, 0) is 0 Å². The quantitative estimate of drug-likeness (QED) is 0.740. The largest absolute Gasteiger partial charge is 0.457 e. The molecule has 106 valence electrons. The lowest BCUT2D eigenvalue weighted by molar-refractivity contribution is 0.459. The summed E-state index contributed by atoms with van der Waals surface area (Å²) in [6.07, 6.45) is 0. The maximum absolute atomic E-state index is 13.5. The molecule has 1 atom stereocenters. The molecule has 0 aliphatic heterocycles. The molecular weight excluding hydrogens is 368 g/mol. The van der Waals surface area contributed by atoms with Crippen molar-refractivity contribution in [3.8, 4) is 11.5 Å². The molecule has 0 saturated carbocycles. The van der Waals surface area contributed by atoms with E-state index in [1.165, 1.54) is 12.1 Å². The first-order valence-corrected chi connectivity index (χ1v) is 7.64. The normalized spacial score (nSPS) is 12.2. The zero-order valence-corrected chi connectivity index (χ0v) is 13.6. The molecule has 0 bridgehead atoms. The van der Waals surface area contributed by atoms with Gasteiger partial charge in [0.2, 0.25) is 0 Å². The van der Waals surface area contributed by atoms with Gasteiger partial charge < -0.3 is 10.1 Å². The minimum absolute atomic E-state index is 0.0356. The van der Waals surface area contributed by atoms with E-state index in [0.717, 1.165) is 21.4 Å². The Morgan fingerprint density at radius 1 is 1.25 bits per heavy atom. The molecule has 2 aromatic carbocycles. The Morgan fingerprint density at radius 2 is 2.05 bits per heavy atom. The Balaban J connectivity index is 2.31. The van der Waals surface area contributed by atoms with Gasteiger partial charge in [-0.15, -0.1) is 0 Å². The second kappa shape index (κ2) is 7.04. The monoisotopic (exact) mass is 385 g/mol. The smallest absolute Gasteiger partial charge is 0.132 e. The zero-order valence-electron chi connectivity index (χ0n) is 11.5. The number of benzene rings is 2. The van der Waals surface area contributed by atoms with Crippen LogP contribution in [0.25, 0.3) is 0 Å². The van der Waals surface area contributed by atoms with E-state index in [-0.39, 0.29) is 11.9 Å². The van der Waals surface area contributed by atoms with Gasteiger partial charge in [0.15, 0.2) is 0 Å². The molecule has 0 aliphatic rings. The van der Waals surface area contributed by atoms with Crippen LogP contribution >= 0.6 is 22.6 Å². The van der Waals surface area contributed by atoms with Gasteiger partial charge in [0.25, 0.3) is 0 Å². The standard InChI is InChI=1S/C16H17FINO/c1-3-19-11(2)15-9-12(17)7-8-16(15)20-14-6-4-5-13(18)10-14/h4-11,19H,3H2,1-2H3. The Morgan fingerprint density at radius 3 is 2.75 bits per heavy atom. The van der Waals surface area contributed by atoms with Crippen LogP contribution in [-0.4, -0.2) is 6.54 Å². The first kappa shape index (κ1) is 15.3. The van der Waals surface area contributed by atoms with E-state index in [1.807, 2.05) is 38.1 Å². The fourth-order valence-electron chi connectivity index (χ4n) is 2.02. The van der Waals surface area contributed by atoms with Gasteiger partial charge in [-0.25, -0.2) is 4.39 Å². The summed E-state index contributed by atoms with van der Waals surface area (Å²) in [6.45, 7) is 4.84. The van der Waals surface area contributed by atoms with Gasteiger partial charge in [-0.05, 0) is 72.5 Å². The average Bonchev–Trinajstić information content (AvgIpc) is 2.41. The lowest BCUT2D eigenvalue weighted by Gasteiger charge is -2.17. The molecule has 0 radical (unpaired) electrons. The summed E-state index contributed by atoms with van der Waals surface area (Å²) in [5.41, 5.74) is 0.825. The third-order valence-electron chi connectivity index (χ3n) is 2.97. The van der Waals surface area contributed by atoms with E-state index in [4.69, 9.17) is 4.74 Å². The fourth-order valence-corrected chi connectivity index (χ4v) is 2.54. The van der Waals surface area contributed by atoms with Gasteiger partial charge in [-0.3, -0.25) is 0 Å². The number of rotatable bonds is 5. The molecule has 20 heavy (non-hydrogen) atoms. The highest BCUT2D eigenvalue weighted by Crippen LogP contribution is 2.30. The van der Waals surface area contributed by atoms with Crippen molar-refractivity contribution < 1.29 is 9.13 Å². The van der Waals surface area contributed by atoms with Crippen LogP contribution in [0.3, 0.4) is 0 Å². The van der Waals surface area contributed by atoms with E-state index >= 15 is 0 Å². The van der Waals surface area contributed by atoms with Crippen LogP contribution in [0.15, 0.2) is 42.5 Å². The van der Waals surface area contributed by atoms with E-state index in [2.05, 4.69) is 27.9 Å². The lowest BCUT2D eigenvalue weighted by Crippen LogP contribution is -2.18. The van der Waals surface area contributed by atoms with Crippen LogP contribution in [0.1, 0.15) is 25.5 Å². The molecule has 2 nitrogen and oxygen atoms in total. The zero-order chi connectivity index (χ0) is 14.5. The van der Waals surface area contributed by atoms with Crippen molar-refractivity contribution in [2.24, 2.45) is 0 Å². The molecule has 0 fully saturated rings. The molecule has 0 amide bonds. The summed E-state index contributed by atoms with van der Waals surface area (Å²) in [6, 6.07) is 12.4. The molecule has 0 spiro atoms. The minimum atomic E-state index is -0.250. The number of hydrogen-bond acceptors (Lipinski definition) is 2. The van der Waals surface area contributed by atoms with Gasteiger partial charge in [0.1, 0.15) is 17.3 Å². The maximum Gasteiger partial charge on any atom is 0.132 e. The van der Waals surface area contributed by atoms with Crippen molar-refractivity contribution >= 4 is 22.6 Å². The highest BCUT2D eigenvalue weighted by molar-refractivity contribution is 14.1. The third-order valence-corrected chi connectivity index (χ3v) is 3.64. The molecule has 2 rings (SSSR count). The molecule has 0 aromatic heterocycles. The van der Waals surface area contributed by atoms with Crippen LogP contribution in [0.5, 0.6) is 11.5 Å². The van der Waals surface area contributed by atoms with E-state index in [9.17, 15) is 4.39 Å². The number of nitrogens with one attached hydrogen (secondary N) is 1. The van der Waals surface area contributed by atoms with Crippen molar-refractivity contribution in [1.29, 1.82) is 0 Å². The summed E-state index contributed by atoms with van der Waals surface area (Å²) in [5, 5.41) is 3.28. The molecule has 1 unspecified atom stereocenters. The van der Waals surface area contributed by atoms with Gasteiger partial charge in [0.05, 0.1) is 0 Å². The van der Waals surface area contributed by atoms with Gasteiger partial charge in [-0.2, -0.15) is 0 Å². The van der Waals surface area contributed by atoms with Crippen LogP contribution in [0.4, 0.5) is 4.39 Å². The predicted molar refractivity (Wildman–Crippen MR) is 87.7 cm³/mol. The summed E-state index contributed by atoms with van der Waals surface area (Å²) >= 11 is 2.24. The number of ether oxygens (including phenoxy) is 1. The fraction of sp³-hybridized carbons (Fsp3) is 0.250. The molecule has 0 aliphatic carbocycles. The van der Waals surface area contributed by atoms with Crippen molar-refractivity contribution in [2.45, 2.75) is 19.9 Å². The second-order valence-electron chi connectivity index (χ2n) is 4.52. The molecule has 1 N–H and O–H groups in total. The Labute approximate surface area is 132 Å². The van der Waals surface area contributed by atoms with Gasteiger partial charge in [-0.1, -0.05) is 13.0 Å². The predicted octanol–water partition coefficient (Wildman–Crippen LogP) is 4.89. The van der Waals surface area contributed by atoms with Crippen LogP contribution in [0, 0.1) is 9.39 Å². The number of halogens is 2. The Bertz CT molecular complexity index is 588. The van der Waals surface area contributed by atoms with E-state index in [0.29, 0.717) is 5.75 Å². The summed E-state index contributed by atoms with van der Waals surface area (Å²) in [4.78, 5) is 0. The van der Waals surface area contributed by atoms with Crippen molar-refractivity contribution in [3.63, 3.8) is 0 Å². The Hall–Kier alpha value is -1.14. The van der Waals surface area contributed by atoms with Gasteiger partial charge in [0, 0.05) is 15.2 Å². The highest BCUT2D eigenvalue weighted by Gasteiger charge is 2.13. The third kappa shape index (κ3) is 3.93. The van der Waals surface area contributed by atoms with Crippen molar-refractivity contribution in [2.75, 3.05) is 6.54 Å². The second-order valence-corrected chi connectivity index (χ2v) is 5.77. The average molecular weight is 385 g/mol. The molecule has 0 heterocycles. The maximum atomic E-state index is 13.5. The SMILES string of the molecule is CCNC(C)c1cc(F)ccc1Oc1cccc(I)c1. The highest BCUT2D eigenvalue weighted by atomic mass is 127. The van der Waals surface area contributed by atoms with Crippen LogP contribution in [0.2, 0.25) is 0 Å². The van der Waals surface area contributed by atoms with Crippen molar-refractivity contribution in [3.05, 3.63) is 57.4 Å². The first-order valence-electron chi connectivity index (χ1n) is 6.56. The minimum Gasteiger partial charge on any atom is -0.457 e. The number of hydrogen-bond donors (Lipinski definition) is 1. The topological polar surface area (TPSA) is 21.3 Å². The van der Waals surface area contributed by atoms with E-state index in [1.54, 1.807) is 6.07 Å². The van der Waals surface area contributed by atoms with Gasteiger partial charge >= 0.3 is 0 Å².